The number of rotatable bonds is 4. The highest BCUT2D eigenvalue weighted by Gasteiger charge is 2.14. The van der Waals surface area contributed by atoms with Crippen LogP contribution in [0.3, 0.4) is 0 Å². The number of benzene rings is 2. The van der Waals surface area contributed by atoms with Gasteiger partial charge in [0.15, 0.2) is 0 Å². The first-order chi connectivity index (χ1) is 11.1. The summed E-state index contributed by atoms with van der Waals surface area (Å²) < 4.78 is 1.01. The Balaban J connectivity index is 1.64. The molecule has 1 N–H and O–H groups in total. The number of nitrogens with one attached hydrogen (secondary N) is 1. The minimum atomic E-state index is 0.0434. The molecule has 0 fully saturated rings. The van der Waals surface area contributed by atoms with Crippen molar-refractivity contribution in [1.82, 2.24) is 5.32 Å². The van der Waals surface area contributed by atoms with Gasteiger partial charge in [0.1, 0.15) is 0 Å². The van der Waals surface area contributed by atoms with Crippen molar-refractivity contribution in [2.75, 3.05) is 0 Å². The van der Waals surface area contributed by atoms with E-state index in [1.807, 2.05) is 24.3 Å². The predicted molar refractivity (Wildman–Crippen MR) is 97.5 cm³/mol. The number of halogens is 1. The fourth-order valence-electron chi connectivity index (χ4n) is 3.23. The standard InChI is InChI=1S/C20H22BrNO/c1-14(17-10-9-16-6-2-3-7-18(16)13-17)22-20(23)12-15-5-4-8-19(21)11-15/h4-5,8-11,13-14H,2-3,6-7,12H2,1H3,(H,22,23). The number of carbonyl (C=O) groups is 1. The van der Waals surface area contributed by atoms with Crippen molar-refractivity contribution in [3.8, 4) is 0 Å². The molecule has 120 valence electrons. The zero-order chi connectivity index (χ0) is 16.2. The average Bonchev–Trinajstić information content (AvgIpc) is 2.54. The molecule has 1 aliphatic carbocycles. The van der Waals surface area contributed by atoms with Crippen molar-refractivity contribution in [2.45, 2.75) is 45.1 Å². The van der Waals surface area contributed by atoms with Gasteiger partial charge in [-0.05, 0) is 67.0 Å². The summed E-state index contributed by atoms with van der Waals surface area (Å²) in [6.45, 7) is 2.06. The van der Waals surface area contributed by atoms with Crippen LogP contribution < -0.4 is 5.32 Å². The quantitative estimate of drug-likeness (QED) is 0.825. The van der Waals surface area contributed by atoms with Crippen molar-refractivity contribution >= 4 is 21.8 Å². The molecule has 0 saturated heterocycles. The van der Waals surface area contributed by atoms with Crippen molar-refractivity contribution in [2.24, 2.45) is 0 Å². The molecule has 2 aromatic carbocycles. The van der Waals surface area contributed by atoms with Crippen LogP contribution >= 0.6 is 15.9 Å². The third kappa shape index (κ3) is 4.23. The maximum atomic E-state index is 12.3. The zero-order valence-electron chi connectivity index (χ0n) is 13.4. The molecule has 0 heterocycles. The molecular formula is C20H22BrNO. The van der Waals surface area contributed by atoms with Gasteiger partial charge in [-0.3, -0.25) is 4.79 Å². The largest absolute Gasteiger partial charge is 0.349 e. The van der Waals surface area contributed by atoms with Crippen LogP contribution in [0.1, 0.15) is 48.1 Å². The lowest BCUT2D eigenvalue weighted by Crippen LogP contribution is -2.28. The number of fused-ring (bicyclic) bond motifs is 1. The highest BCUT2D eigenvalue weighted by atomic mass is 79.9. The minimum Gasteiger partial charge on any atom is -0.349 e. The summed E-state index contributed by atoms with van der Waals surface area (Å²) in [6.07, 6.45) is 5.35. The van der Waals surface area contributed by atoms with Crippen molar-refractivity contribution in [1.29, 1.82) is 0 Å². The third-order valence-corrected chi connectivity index (χ3v) is 5.00. The van der Waals surface area contributed by atoms with E-state index in [4.69, 9.17) is 0 Å². The van der Waals surface area contributed by atoms with Crippen LogP contribution in [0.5, 0.6) is 0 Å². The topological polar surface area (TPSA) is 29.1 Å². The van der Waals surface area contributed by atoms with E-state index in [2.05, 4.69) is 46.4 Å². The first kappa shape index (κ1) is 16.3. The van der Waals surface area contributed by atoms with E-state index in [0.717, 1.165) is 10.0 Å². The number of hydrogen-bond donors (Lipinski definition) is 1. The van der Waals surface area contributed by atoms with Crippen LogP contribution in [0.25, 0.3) is 0 Å². The highest BCUT2D eigenvalue weighted by Crippen LogP contribution is 2.24. The van der Waals surface area contributed by atoms with Crippen LogP contribution in [0, 0.1) is 0 Å². The van der Waals surface area contributed by atoms with Gasteiger partial charge in [0.25, 0.3) is 0 Å². The first-order valence-corrected chi connectivity index (χ1v) is 9.06. The van der Waals surface area contributed by atoms with E-state index in [1.165, 1.54) is 42.4 Å². The zero-order valence-corrected chi connectivity index (χ0v) is 15.0. The number of carbonyl (C=O) groups excluding carboxylic acids is 1. The second-order valence-corrected chi connectivity index (χ2v) is 7.25. The fourth-order valence-corrected chi connectivity index (χ4v) is 3.68. The molecule has 0 radical (unpaired) electrons. The van der Waals surface area contributed by atoms with Gasteiger partial charge >= 0.3 is 0 Å². The highest BCUT2D eigenvalue weighted by molar-refractivity contribution is 9.10. The molecule has 0 bridgehead atoms. The lowest BCUT2D eigenvalue weighted by molar-refractivity contribution is -0.121. The summed E-state index contributed by atoms with van der Waals surface area (Å²) in [4.78, 5) is 12.3. The van der Waals surface area contributed by atoms with Gasteiger partial charge in [0.2, 0.25) is 5.91 Å². The molecular weight excluding hydrogens is 350 g/mol. The molecule has 23 heavy (non-hydrogen) atoms. The van der Waals surface area contributed by atoms with E-state index >= 15 is 0 Å². The molecule has 0 aliphatic heterocycles. The van der Waals surface area contributed by atoms with Crippen LogP contribution in [0.4, 0.5) is 0 Å². The molecule has 1 amide bonds. The maximum absolute atomic E-state index is 12.3. The predicted octanol–water partition coefficient (Wildman–Crippen LogP) is 4.75. The van der Waals surface area contributed by atoms with E-state index in [0.29, 0.717) is 6.42 Å². The van der Waals surface area contributed by atoms with Crippen LogP contribution in [0.2, 0.25) is 0 Å². The Morgan fingerprint density at radius 2 is 1.91 bits per heavy atom. The van der Waals surface area contributed by atoms with Gasteiger partial charge in [0, 0.05) is 4.47 Å². The lowest BCUT2D eigenvalue weighted by Gasteiger charge is -2.20. The molecule has 3 heteroatoms. The summed E-state index contributed by atoms with van der Waals surface area (Å²) in [5, 5.41) is 3.12. The monoisotopic (exact) mass is 371 g/mol. The Hall–Kier alpha value is -1.61. The fraction of sp³-hybridized carbons (Fsp3) is 0.350. The molecule has 0 spiro atoms. The smallest absolute Gasteiger partial charge is 0.224 e. The molecule has 0 aromatic heterocycles. The van der Waals surface area contributed by atoms with Gasteiger partial charge in [-0.15, -0.1) is 0 Å². The molecule has 1 atom stereocenters. The van der Waals surface area contributed by atoms with Crippen molar-refractivity contribution < 1.29 is 4.79 Å². The maximum Gasteiger partial charge on any atom is 0.224 e. The van der Waals surface area contributed by atoms with Crippen LogP contribution in [0.15, 0.2) is 46.9 Å². The van der Waals surface area contributed by atoms with Gasteiger partial charge < -0.3 is 5.32 Å². The summed E-state index contributed by atoms with van der Waals surface area (Å²) in [6, 6.07) is 14.6. The van der Waals surface area contributed by atoms with Gasteiger partial charge in [-0.25, -0.2) is 0 Å². The SMILES string of the molecule is CC(NC(=O)Cc1cccc(Br)c1)c1ccc2c(c1)CCCC2. The summed E-state index contributed by atoms with van der Waals surface area (Å²) >= 11 is 3.44. The molecule has 1 unspecified atom stereocenters. The second kappa shape index (κ2) is 7.31. The normalized spacial score (nSPS) is 14.9. The second-order valence-electron chi connectivity index (χ2n) is 6.33. The Kier molecular flexibility index (Phi) is 5.16. The minimum absolute atomic E-state index is 0.0434. The van der Waals surface area contributed by atoms with Crippen molar-refractivity contribution in [3.63, 3.8) is 0 Å². The molecule has 2 aromatic rings. The lowest BCUT2D eigenvalue weighted by atomic mass is 9.89. The Bertz CT molecular complexity index is 711. The van der Waals surface area contributed by atoms with Crippen molar-refractivity contribution in [3.05, 3.63) is 69.2 Å². The van der Waals surface area contributed by atoms with E-state index < -0.39 is 0 Å². The first-order valence-electron chi connectivity index (χ1n) is 8.27. The summed E-state index contributed by atoms with van der Waals surface area (Å²) in [5.74, 6) is 0.0633. The summed E-state index contributed by atoms with van der Waals surface area (Å²) in [5.41, 5.74) is 5.16. The van der Waals surface area contributed by atoms with E-state index in [9.17, 15) is 4.79 Å². The van der Waals surface area contributed by atoms with Gasteiger partial charge in [-0.1, -0.05) is 46.3 Å². The Morgan fingerprint density at radius 1 is 1.13 bits per heavy atom. The molecule has 0 saturated carbocycles. The number of aryl methyl sites for hydroxylation is 2. The molecule has 1 aliphatic rings. The average molecular weight is 372 g/mol. The van der Waals surface area contributed by atoms with Gasteiger partial charge in [0.05, 0.1) is 12.5 Å². The Labute approximate surface area is 146 Å². The Morgan fingerprint density at radius 3 is 2.70 bits per heavy atom. The van der Waals surface area contributed by atoms with Crippen LogP contribution in [-0.2, 0) is 24.1 Å². The van der Waals surface area contributed by atoms with Gasteiger partial charge in [-0.2, -0.15) is 0 Å². The third-order valence-electron chi connectivity index (χ3n) is 4.50. The molecule has 3 rings (SSSR count). The number of hydrogen-bond acceptors (Lipinski definition) is 1. The van der Waals surface area contributed by atoms with Crippen LogP contribution in [-0.4, -0.2) is 5.91 Å². The summed E-state index contributed by atoms with van der Waals surface area (Å²) in [7, 11) is 0. The van der Waals surface area contributed by atoms with E-state index in [1.54, 1.807) is 0 Å². The molecule has 2 nitrogen and oxygen atoms in total. The van der Waals surface area contributed by atoms with E-state index in [-0.39, 0.29) is 11.9 Å². The number of amides is 1.